The second-order valence-corrected chi connectivity index (χ2v) is 5.56. The Labute approximate surface area is 156 Å². The van der Waals surface area contributed by atoms with E-state index < -0.39 is 0 Å². The van der Waals surface area contributed by atoms with Crippen molar-refractivity contribution in [3.63, 3.8) is 0 Å². The molecule has 140 valence electrons. The van der Waals surface area contributed by atoms with Crippen LogP contribution in [0, 0.1) is 0 Å². The van der Waals surface area contributed by atoms with E-state index in [2.05, 4.69) is 21.1 Å². The monoisotopic (exact) mass is 368 g/mol. The van der Waals surface area contributed by atoms with Crippen LogP contribution in [0.4, 0.5) is 0 Å². The molecular weight excluding hydrogens is 348 g/mol. The number of rotatable bonds is 8. The van der Waals surface area contributed by atoms with Gasteiger partial charge in [-0.3, -0.25) is 9.59 Å². The summed E-state index contributed by atoms with van der Waals surface area (Å²) in [5.74, 6) is -0.549. The molecule has 2 aromatic carbocycles. The van der Waals surface area contributed by atoms with Gasteiger partial charge >= 0.3 is 0 Å². The van der Waals surface area contributed by atoms with Crippen LogP contribution in [0.2, 0.25) is 0 Å². The van der Waals surface area contributed by atoms with Gasteiger partial charge in [0.15, 0.2) is 0 Å². The summed E-state index contributed by atoms with van der Waals surface area (Å²) in [6.45, 7) is 0. The third-order valence-corrected chi connectivity index (χ3v) is 3.47. The SMILES string of the molecule is O=C(CCCC(=O)N/N=C/c1ccccc1O)N/N=C\c1ccccc1O. The number of phenols is 2. The number of nitrogens with zero attached hydrogens (tertiary/aromatic N) is 2. The summed E-state index contributed by atoms with van der Waals surface area (Å²) in [6, 6.07) is 13.2. The molecule has 4 N–H and O–H groups in total. The van der Waals surface area contributed by atoms with Crippen molar-refractivity contribution in [3.05, 3.63) is 59.7 Å². The van der Waals surface area contributed by atoms with Crippen LogP contribution in [-0.4, -0.2) is 34.5 Å². The number of para-hydroxylation sites is 2. The Morgan fingerprint density at radius 2 is 1.19 bits per heavy atom. The molecule has 0 unspecified atom stereocenters. The van der Waals surface area contributed by atoms with E-state index in [-0.39, 0.29) is 36.2 Å². The minimum Gasteiger partial charge on any atom is -0.507 e. The average Bonchev–Trinajstić information content (AvgIpc) is 2.65. The lowest BCUT2D eigenvalue weighted by atomic mass is 10.2. The van der Waals surface area contributed by atoms with E-state index in [9.17, 15) is 19.8 Å². The van der Waals surface area contributed by atoms with Gasteiger partial charge in [-0.2, -0.15) is 10.2 Å². The summed E-state index contributed by atoms with van der Waals surface area (Å²) in [5.41, 5.74) is 5.64. The molecule has 0 aromatic heterocycles. The van der Waals surface area contributed by atoms with E-state index in [0.717, 1.165) is 0 Å². The first kappa shape index (κ1) is 19.6. The third kappa shape index (κ3) is 6.99. The van der Waals surface area contributed by atoms with Gasteiger partial charge in [0.2, 0.25) is 11.8 Å². The molecule has 0 bridgehead atoms. The fraction of sp³-hybridized carbons (Fsp3) is 0.158. The van der Waals surface area contributed by atoms with Gasteiger partial charge in [0.05, 0.1) is 12.4 Å². The maximum absolute atomic E-state index is 11.7. The van der Waals surface area contributed by atoms with Crippen LogP contribution in [0.5, 0.6) is 11.5 Å². The number of hydrazone groups is 2. The standard InChI is InChI=1S/C19H20N4O4/c24-16-8-3-1-6-14(16)12-20-22-18(26)10-5-11-19(27)23-21-13-15-7-2-4-9-17(15)25/h1-4,6-9,12-13,24-25H,5,10-11H2,(H,22,26)(H,23,27)/b20-12-,21-13+. The number of phenolic OH excluding ortho intramolecular Hbond substituents is 2. The summed E-state index contributed by atoms with van der Waals surface area (Å²) in [7, 11) is 0. The van der Waals surface area contributed by atoms with Crippen LogP contribution in [0.15, 0.2) is 58.7 Å². The first-order chi connectivity index (χ1) is 13.1. The molecule has 0 atom stereocenters. The number of carbonyl (C=O) groups excluding carboxylic acids is 2. The zero-order chi connectivity index (χ0) is 19.5. The van der Waals surface area contributed by atoms with Gasteiger partial charge in [0.25, 0.3) is 0 Å². The van der Waals surface area contributed by atoms with Crippen LogP contribution in [0.25, 0.3) is 0 Å². The lowest BCUT2D eigenvalue weighted by Crippen LogP contribution is -2.20. The molecule has 0 aliphatic heterocycles. The van der Waals surface area contributed by atoms with Crippen LogP contribution >= 0.6 is 0 Å². The molecule has 0 saturated heterocycles. The maximum Gasteiger partial charge on any atom is 0.240 e. The molecule has 0 aliphatic rings. The van der Waals surface area contributed by atoms with Crippen molar-refractivity contribution >= 4 is 24.2 Å². The second kappa shape index (κ2) is 10.3. The van der Waals surface area contributed by atoms with E-state index in [1.54, 1.807) is 36.4 Å². The summed E-state index contributed by atoms with van der Waals surface area (Å²) < 4.78 is 0. The molecule has 8 heteroatoms. The number of benzene rings is 2. The highest BCUT2D eigenvalue weighted by atomic mass is 16.3. The van der Waals surface area contributed by atoms with E-state index in [0.29, 0.717) is 17.5 Å². The van der Waals surface area contributed by atoms with Crippen molar-refractivity contribution in [1.29, 1.82) is 0 Å². The molecule has 0 saturated carbocycles. The average molecular weight is 368 g/mol. The molecule has 2 rings (SSSR count). The highest BCUT2D eigenvalue weighted by Gasteiger charge is 2.04. The fourth-order valence-electron chi connectivity index (χ4n) is 2.06. The van der Waals surface area contributed by atoms with Crippen molar-refractivity contribution < 1.29 is 19.8 Å². The van der Waals surface area contributed by atoms with E-state index in [1.807, 2.05) is 0 Å². The summed E-state index contributed by atoms with van der Waals surface area (Å²) in [6.07, 6.45) is 3.25. The fourth-order valence-corrected chi connectivity index (χ4v) is 2.06. The van der Waals surface area contributed by atoms with Crippen molar-refractivity contribution in [1.82, 2.24) is 10.9 Å². The molecule has 0 radical (unpaired) electrons. The van der Waals surface area contributed by atoms with Gasteiger partial charge in [-0.25, -0.2) is 10.9 Å². The number of carbonyl (C=O) groups is 2. The van der Waals surface area contributed by atoms with E-state index in [4.69, 9.17) is 0 Å². The first-order valence-corrected chi connectivity index (χ1v) is 8.26. The first-order valence-electron chi connectivity index (χ1n) is 8.26. The Bertz CT molecular complexity index is 780. The molecule has 0 spiro atoms. The molecule has 27 heavy (non-hydrogen) atoms. The Hall–Kier alpha value is -3.68. The Morgan fingerprint density at radius 3 is 1.59 bits per heavy atom. The number of hydrogen-bond donors (Lipinski definition) is 4. The van der Waals surface area contributed by atoms with Gasteiger partial charge in [0, 0.05) is 24.0 Å². The predicted octanol–water partition coefficient (Wildman–Crippen LogP) is 1.87. The third-order valence-electron chi connectivity index (χ3n) is 3.47. The van der Waals surface area contributed by atoms with Crippen molar-refractivity contribution in [3.8, 4) is 11.5 Å². The van der Waals surface area contributed by atoms with E-state index >= 15 is 0 Å². The largest absolute Gasteiger partial charge is 0.507 e. The summed E-state index contributed by atoms with van der Waals surface area (Å²) in [5, 5.41) is 26.6. The van der Waals surface area contributed by atoms with Crippen molar-refractivity contribution in [2.45, 2.75) is 19.3 Å². The zero-order valence-electron chi connectivity index (χ0n) is 14.5. The van der Waals surface area contributed by atoms with E-state index in [1.165, 1.54) is 24.6 Å². The molecule has 0 heterocycles. The van der Waals surface area contributed by atoms with Gasteiger partial charge < -0.3 is 10.2 Å². The molecule has 2 aromatic rings. The Kier molecular flexibility index (Phi) is 7.52. The van der Waals surface area contributed by atoms with Crippen LogP contribution in [0.3, 0.4) is 0 Å². The number of amides is 2. The predicted molar refractivity (Wildman–Crippen MR) is 102 cm³/mol. The van der Waals surface area contributed by atoms with Crippen molar-refractivity contribution in [2.75, 3.05) is 0 Å². The minimum absolute atomic E-state index is 0.0662. The quantitative estimate of drug-likeness (QED) is 0.419. The van der Waals surface area contributed by atoms with Gasteiger partial charge in [-0.15, -0.1) is 0 Å². The lowest BCUT2D eigenvalue weighted by Gasteiger charge is -2.01. The maximum atomic E-state index is 11.7. The van der Waals surface area contributed by atoms with Gasteiger partial charge in [-0.1, -0.05) is 24.3 Å². The van der Waals surface area contributed by atoms with Crippen LogP contribution in [-0.2, 0) is 9.59 Å². The Morgan fingerprint density at radius 1 is 0.778 bits per heavy atom. The number of nitrogens with one attached hydrogen (secondary N) is 2. The minimum atomic E-state index is -0.341. The van der Waals surface area contributed by atoms with Gasteiger partial charge in [-0.05, 0) is 30.7 Å². The van der Waals surface area contributed by atoms with Crippen LogP contribution < -0.4 is 10.9 Å². The van der Waals surface area contributed by atoms with Gasteiger partial charge in [0.1, 0.15) is 11.5 Å². The van der Waals surface area contributed by atoms with Crippen molar-refractivity contribution in [2.24, 2.45) is 10.2 Å². The zero-order valence-corrected chi connectivity index (χ0v) is 14.5. The lowest BCUT2D eigenvalue weighted by molar-refractivity contribution is -0.122. The summed E-state index contributed by atoms with van der Waals surface area (Å²) >= 11 is 0. The highest BCUT2D eigenvalue weighted by molar-refractivity contribution is 5.86. The number of aromatic hydroxyl groups is 2. The van der Waals surface area contributed by atoms with Crippen LogP contribution in [0.1, 0.15) is 30.4 Å². The topological polar surface area (TPSA) is 123 Å². The molecule has 0 fully saturated rings. The molecule has 8 nitrogen and oxygen atoms in total. The molecule has 2 amide bonds. The number of hydrogen-bond acceptors (Lipinski definition) is 6. The molecular formula is C19H20N4O4. The second-order valence-electron chi connectivity index (χ2n) is 5.56. The molecule has 0 aliphatic carbocycles. The highest BCUT2D eigenvalue weighted by Crippen LogP contribution is 2.13. The Balaban J connectivity index is 1.65. The smallest absolute Gasteiger partial charge is 0.240 e. The summed E-state index contributed by atoms with van der Waals surface area (Å²) in [4.78, 5) is 23.3. The normalized spacial score (nSPS) is 11.0.